The first kappa shape index (κ1) is 9.47. The summed E-state index contributed by atoms with van der Waals surface area (Å²) in [6.07, 6.45) is 9.04. The first-order valence-corrected chi connectivity index (χ1v) is 5.53. The van der Waals surface area contributed by atoms with Crippen molar-refractivity contribution >= 4 is 21.6 Å². The van der Waals surface area contributed by atoms with Crippen molar-refractivity contribution < 1.29 is 0 Å². The Labute approximate surface area is 100 Å². The van der Waals surface area contributed by atoms with Gasteiger partial charge in [-0.25, -0.2) is 9.50 Å². The Morgan fingerprint density at radius 3 is 2.69 bits per heavy atom. The second-order valence-electron chi connectivity index (χ2n) is 3.34. The average Bonchev–Trinajstić information content (AvgIpc) is 2.72. The molecule has 16 heavy (non-hydrogen) atoms. The predicted octanol–water partition coefficient (Wildman–Crippen LogP) is 2.55. The summed E-state index contributed by atoms with van der Waals surface area (Å²) in [7, 11) is 0. The molecule has 4 nitrogen and oxygen atoms in total. The molecule has 0 radical (unpaired) electrons. The minimum absolute atomic E-state index is 0.817. The Hall–Kier alpha value is -1.75. The smallest absolute Gasteiger partial charge is 0.169 e. The Morgan fingerprint density at radius 1 is 1.06 bits per heavy atom. The fraction of sp³-hybridized carbons (Fsp3) is 0. The number of hydrogen-bond donors (Lipinski definition) is 0. The number of aromatic nitrogens is 4. The minimum Gasteiger partial charge on any atom is -0.265 e. The molecule has 0 atom stereocenters. The van der Waals surface area contributed by atoms with Crippen molar-refractivity contribution in [1.82, 2.24) is 19.6 Å². The molecule has 3 aromatic rings. The van der Waals surface area contributed by atoms with Gasteiger partial charge in [0.25, 0.3) is 0 Å². The number of nitrogens with zero attached hydrogens (tertiary/aromatic N) is 4. The summed E-state index contributed by atoms with van der Waals surface area (Å²) < 4.78 is 2.65. The zero-order valence-electron chi connectivity index (χ0n) is 8.21. The van der Waals surface area contributed by atoms with Gasteiger partial charge in [0.05, 0.1) is 10.7 Å². The summed E-state index contributed by atoms with van der Waals surface area (Å²) >= 11 is 3.39. The highest BCUT2D eigenvalue weighted by atomic mass is 79.9. The lowest BCUT2D eigenvalue weighted by atomic mass is 10.1. The van der Waals surface area contributed by atoms with Crippen LogP contribution in [0.5, 0.6) is 0 Å². The van der Waals surface area contributed by atoms with Crippen molar-refractivity contribution in [1.29, 1.82) is 0 Å². The molecule has 0 aliphatic rings. The van der Waals surface area contributed by atoms with Crippen LogP contribution in [0.25, 0.3) is 16.8 Å². The van der Waals surface area contributed by atoms with E-state index in [0.29, 0.717) is 0 Å². The first-order chi connectivity index (χ1) is 7.84. The molecule has 0 saturated carbocycles. The molecule has 0 aliphatic carbocycles. The summed E-state index contributed by atoms with van der Waals surface area (Å²) in [5.41, 5.74) is 2.92. The molecule has 78 valence electrons. The van der Waals surface area contributed by atoms with Crippen molar-refractivity contribution in [3.05, 3.63) is 47.6 Å². The molecule has 0 aliphatic heterocycles. The van der Waals surface area contributed by atoms with Crippen LogP contribution in [-0.2, 0) is 0 Å². The van der Waals surface area contributed by atoms with Gasteiger partial charge in [0, 0.05) is 30.4 Å². The highest BCUT2D eigenvalue weighted by molar-refractivity contribution is 9.10. The van der Waals surface area contributed by atoms with E-state index < -0.39 is 0 Å². The van der Waals surface area contributed by atoms with Crippen LogP contribution in [0.15, 0.2) is 47.6 Å². The molecule has 3 rings (SSSR count). The maximum absolute atomic E-state index is 4.35. The Balaban J connectivity index is 2.19. The van der Waals surface area contributed by atoms with Gasteiger partial charge in [-0.2, -0.15) is 5.10 Å². The van der Waals surface area contributed by atoms with Crippen molar-refractivity contribution in [3.8, 4) is 11.1 Å². The van der Waals surface area contributed by atoms with Gasteiger partial charge >= 0.3 is 0 Å². The molecule has 3 heterocycles. The Kier molecular flexibility index (Phi) is 2.18. The predicted molar refractivity (Wildman–Crippen MR) is 63.9 cm³/mol. The van der Waals surface area contributed by atoms with Crippen LogP contribution in [0.1, 0.15) is 0 Å². The second kappa shape index (κ2) is 3.68. The van der Waals surface area contributed by atoms with Crippen LogP contribution in [0.2, 0.25) is 0 Å². The van der Waals surface area contributed by atoms with E-state index >= 15 is 0 Å². The van der Waals surface area contributed by atoms with Gasteiger partial charge < -0.3 is 0 Å². The largest absolute Gasteiger partial charge is 0.265 e. The molecule has 5 heteroatoms. The fourth-order valence-corrected chi connectivity index (χ4v) is 1.91. The van der Waals surface area contributed by atoms with Crippen LogP contribution in [0, 0.1) is 0 Å². The monoisotopic (exact) mass is 274 g/mol. The van der Waals surface area contributed by atoms with Crippen molar-refractivity contribution in [2.24, 2.45) is 0 Å². The van der Waals surface area contributed by atoms with E-state index in [2.05, 4.69) is 31.0 Å². The molecular weight excluding hydrogens is 268 g/mol. The standard InChI is InChI=1S/C11H7BrN4/c12-10-6-15-16-7-9(5-14-11(10)16)8-1-3-13-4-2-8/h1-7H. The molecule has 0 aromatic carbocycles. The second-order valence-corrected chi connectivity index (χ2v) is 4.19. The maximum Gasteiger partial charge on any atom is 0.169 e. The van der Waals surface area contributed by atoms with Crippen LogP contribution < -0.4 is 0 Å². The van der Waals surface area contributed by atoms with E-state index in [4.69, 9.17) is 0 Å². The van der Waals surface area contributed by atoms with E-state index in [0.717, 1.165) is 21.2 Å². The van der Waals surface area contributed by atoms with Gasteiger partial charge in [-0.05, 0) is 33.6 Å². The first-order valence-electron chi connectivity index (χ1n) is 4.74. The molecule has 0 saturated heterocycles. The lowest BCUT2D eigenvalue weighted by molar-refractivity contribution is 0.941. The zero-order valence-corrected chi connectivity index (χ0v) is 9.79. The fourth-order valence-electron chi connectivity index (χ4n) is 1.54. The van der Waals surface area contributed by atoms with Gasteiger partial charge in [0.15, 0.2) is 5.65 Å². The van der Waals surface area contributed by atoms with E-state index in [1.807, 2.05) is 24.5 Å². The molecular formula is C11H7BrN4. The molecule has 3 aromatic heterocycles. The number of hydrogen-bond acceptors (Lipinski definition) is 3. The van der Waals surface area contributed by atoms with Crippen LogP contribution in [-0.4, -0.2) is 19.6 Å². The normalized spacial score (nSPS) is 10.8. The summed E-state index contributed by atoms with van der Waals surface area (Å²) in [4.78, 5) is 8.34. The van der Waals surface area contributed by atoms with Crippen LogP contribution in [0.3, 0.4) is 0 Å². The number of rotatable bonds is 1. The van der Waals surface area contributed by atoms with E-state index in [1.165, 1.54) is 0 Å². The van der Waals surface area contributed by atoms with E-state index in [1.54, 1.807) is 23.1 Å². The van der Waals surface area contributed by atoms with E-state index in [9.17, 15) is 0 Å². The molecule has 0 spiro atoms. The third kappa shape index (κ3) is 1.49. The summed E-state index contributed by atoms with van der Waals surface area (Å²) in [6, 6.07) is 3.89. The quantitative estimate of drug-likeness (QED) is 0.685. The van der Waals surface area contributed by atoms with Crippen LogP contribution >= 0.6 is 15.9 Å². The highest BCUT2D eigenvalue weighted by Gasteiger charge is 2.04. The lowest BCUT2D eigenvalue weighted by Crippen LogP contribution is -1.91. The van der Waals surface area contributed by atoms with Crippen molar-refractivity contribution in [2.75, 3.05) is 0 Å². The van der Waals surface area contributed by atoms with Gasteiger partial charge in [-0.3, -0.25) is 4.98 Å². The maximum atomic E-state index is 4.35. The van der Waals surface area contributed by atoms with Gasteiger partial charge in [-0.15, -0.1) is 0 Å². The molecule has 0 fully saturated rings. The number of halogens is 1. The Bertz CT molecular complexity index is 633. The topological polar surface area (TPSA) is 43.1 Å². The molecule has 0 bridgehead atoms. The van der Waals surface area contributed by atoms with Gasteiger partial charge in [0.1, 0.15) is 0 Å². The average molecular weight is 275 g/mol. The van der Waals surface area contributed by atoms with Gasteiger partial charge in [0.2, 0.25) is 0 Å². The van der Waals surface area contributed by atoms with E-state index in [-0.39, 0.29) is 0 Å². The molecule has 0 unspecified atom stereocenters. The Morgan fingerprint density at radius 2 is 1.88 bits per heavy atom. The number of pyridine rings is 1. The third-order valence-corrected chi connectivity index (χ3v) is 2.89. The third-order valence-electron chi connectivity index (χ3n) is 2.33. The molecule has 0 amide bonds. The minimum atomic E-state index is 0.817. The van der Waals surface area contributed by atoms with Crippen molar-refractivity contribution in [2.45, 2.75) is 0 Å². The summed E-state index contributed by atoms with van der Waals surface area (Å²) in [5.74, 6) is 0. The highest BCUT2D eigenvalue weighted by Crippen LogP contribution is 2.20. The zero-order chi connectivity index (χ0) is 11.0. The molecule has 0 N–H and O–H groups in total. The van der Waals surface area contributed by atoms with Gasteiger partial charge in [-0.1, -0.05) is 0 Å². The lowest BCUT2D eigenvalue weighted by Gasteiger charge is -2.00. The summed E-state index contributed by atoms with van der Waals surface area (Å²) in [6.45, 7) is 0. The van der Waals surface area contributed by atoms with Crippen molar-refractivity contribution in [3.63, 3.8) is 0 Å². The number of fused-ring (bicyclic) bond motifs is 1. The SMILES string of the molecule is Brc1cnn2cc(-c3ccncc3)cnc12. The van der Waals surface area contributed by atoms with Crippen LogP contribution in [0.4, 0.5) is 0 Å². The summed E-state index contributed by atoms with van der Waals surface area (Å²) in [5, 5.41) is 4.20.